The quantitative estimate of drug-likeness (QED) is 0.727. The molecule has 0 saturated carbocycles. The van der Waals surface area contributed by atoms with E-state index in [0.29, 0.717) is 21.8 Å². The fourth-order valence-corrected chi connectivity index (χ4v) is 2.34. The molecule has 0 aliphatic heterocycles. The van der Waals surface area contributed by atoms with Crippen molar-refractivity contribution in [2.24, 2.45) is 0 Å². The van der Waals surface area contributed by atoms with Gasteiger partial charge in [-0.25, -0.2) is 0 Å². The SMILES string of the molecule is C[C@H](Oc1ccc2oc(-c3ccc(Cl)cc3)cc(=O)c2c1)C(=O)[O-]. The lowest BCUT2D eigenvalue weighted by Crippen LogP contribution is -2.37. The zero-order chi connectivity index (χ0) is 17.3. The second kappa shape index (κ2) is 6.37. The number of carbonyl (C=O) groups excluding carboxylic acids is 1. The Morgan fingerprint density at radius 2 is 1.88 bits per heavy atom. The summed E-state index contributed by atoms with van der Waals surface area (Å²) < 4.78 is 11.0. The zero-order valence-corrected chi connectivity index (χ0v) is 13.4. The van der Waals surface area contributed by atoms with Gasteiger partial charge in [-0.05, 0) is 49.4 Å². The fourth-order valence-electron chi connectivity index (χ4n) is 2.22. The largest absolute Gasteiger partial charge is 0.546 e. The van der Waals surface area contributed by atoms with Crippen molar-refractivity contribution in [1.29, 1.82) is 0 Å². The van der Waals surface area contributed by atoms with Gasteiger partial charge in [-0.15, -0.1) is 0 Å². The van der Waals surface area contributed by atoms with E-state index in [-0.39, 0.29) is 11.2 Å². The van der Waals surface area contributed by atoms with Crippen molar-refractivity contribution in [2.75, 3.05) is 0 Å². The van der Waals surface area contributed by atoms with Crippen molar-refractivity contribution in [3.8, 4) is 17.1 Å². The first-order valence-electron chi connectivity index (χ1n) is 7.15. The Labute approximate surface area is 142 Å². The molecular weight excluding hydrogens is 332 g/mol. The number of carboxylic acid groups (broad SMARTS) is 1. The van der Waals surface area contributed by atoms with E-state index in [4.69, 9.17) is 20.8 Å². The minimum atomic E-state index is -1.33. The van der Waals surface area contributed by atoms with E-state index in [2.05, 4.69) is 0 Å². The average molecular weight is 344 g/mol. The molecule has 122 valence electrons. The molecule has 0 aliphatic rings. The number of hydrogen-bond acceptors (Lipinski definition) is 5. The first-order valence-corrected chi connectivity index (χ1v) is 7.53. The van der Waals surface area contributed by atoms with E-state index in [1.54, 1.807) is 30.3 Å². The lowest BCUT2D eigenvalue weighted by molar-refractivity contribution is -0.312. The van der Waals surface area contributed by atoms with Gasteiger partial charge < -0.3 is 19.1 Å². The molecule has 1 heterocycles. The maximum absolute atomic E-state index is 12.3. The van der Waals surface area contributed by atoms with Crippen LogP contribution in [-0.4, -0.2) is 12.1 Å². The molecule has 5 nitrogen and oxygen atoms in total. The Kier molecular flexibility index (Phi) is 4.27. The maximum Gasteiger partial charge on any atom is 0.193 e. The standard InChI is InChI=1S/C18H13ClO5/c1-10(18(21)22)23-13-6-7-16-14(8-13)15(20)9-17(24-16)11-2-4-12(19)5-3-11/h2-10H,1H3,(H,21,22)/p-1/t10-/m0/s1. The first kappa shape index (κ1) is 16.1. The molecule has 0 fully saturated rings. The Morgan fingerprint density at radius 3 is 2.54 bits per heavy atom. The summed E-state index contributed by atoms with van der Waals surface area (Å²) in [5, 5.41) is 11.6. The summed E-state index contributed by atoms with van der Waals surface area (Å²) in [6.07, 6.45) is -1.12. The van der Waals surface area contributed by atoms with Crippen molar-refractivity contribution >= 4 is 28.5 Å². The molecule has 0 radical (unpaired) electrons. The van der Waals surface area contributed by atoms with E-state index < -0.39 is 12.1 Å². The van der Waals surface area contributed by atoms with E-state index in [1.807, 2.05) is 0 Å². The van der Waals surface area contributed by atoms with Crippen molar-refractivity contribution in [3.63, 3.8) is 0 Å². The van der Waals surface area contributed by atoms with Crippen LogP contribution in [0.5, 0.6) is 5.75 Å². The number of fused-ring (bicyclic) bond motifs is 1. The molecule has 1 atom stereocenters. The number of hydrogen-bond donors (Lipinski definition) is 0. The molecular formula is C18H12ClO5-. The van der Waals surface area contributed by atoms with E-state index >= 15 is 0 Å². The molecule has 0 spiro atoms. The second-order valence-corrected chi connectivity index (χ2v) is 5.66. The van der Waals surface area contributed by atoms with Gasteiger partial charge in [0, 0.05) is 16.7 Å². The Bertz CT molecular complexity index is 959. The topological polar surface area (TPSA) is 79.6 Å². The number of carbonyl (C=O) groups is 1. The fraction of sp³-hybridized carbons (Fsp3) is 0.111. The van der Waals surface area contributed by atoms with Crippen LogP contribution in [0.25, 0.3) is 22.3 Å². The minimum Gasteiger partial charge on any atom is -0.546 e. The van der Waals surface area contributed by atoms with Crippen molar-refractivity contribution in [1.82, 2.24) is 0 Å². The van der Waals surface area contributed by atoms with Gasteiger partial charge in [0.05, 0.1) is 11.4 Å². The molecule has 0 amide bonds. The predicted octanol–water partition coefficient (Wildman–Crippen LogP) is 2.63. The number of rotatable bonds is 4. The Hall–Kier alpha value is -2.79. The van der Waals surface area contributed by atoms with Crippen LogP contribution >= 0.6 is 11.6 Å². The van der Waals surface area contributed by atoms with Crippen molar-refractivity contribution in [3.05, 3.63) is 63.8 Å². The monoisotopic (exact) mass is 343 g/mol. The summed E-state index contributed by atoms with van der Waals surface area (Å²) in [5.74, 6) is -0.660. The summed E-state index contributed by atoms with van der Waals surface area (Å²) in [6, 6.07) is 12.9. The maximum atomic E-state index is 12.3. The highest BCUT2D eigenvalue weighted by Crippen LogP contribution is 2.26. The summed E-state index contributed by atoms with van der Waals surface area (Å²) in [5.41, 5.74) is 0.845. The molecule has 3 aromatic rings. The van der Waals surface area contributed by atoms with E-state index in [9.17, 15) is 14.7 Å². The number of ether oxygens (including phenoxy) is 1. The molecule has 0 saturated heterocycles. The smallest absolute Gasteiger partial charge is 0.193 e. The first-order chi connectivity index (χ1) is 11.4. The highest BCUT2D eigenvalue weighted by molar-refractivity contribution is 6.30. The van der Waals surface area contributed by atoms with Crippen molar-refractivity contribution < 1.29 is 19.1 Å². The molecule has 6 heteroatoms. The molecule has 0 aliphatic carbocycles. The number of benzene rings is 2. The van der Waals surface area contributed by atoms with Crippen molar-refractivity contribution in [2.45, 2.75) is 13.0 Å². The van der Waals surface area contributed by atoms with Gasteiger partial charge in [0.25, 0.3) is 0 Å². The third kappa shape index (κ3) is 3.26. The Morgan fingerprint density at radius 1 is 1.17 bits per heavy atom. The van der Waals surface area contributed by atoms with Crippen LogP contribution in [0, 0.1) is 0 Å². The lowest BCUT2D eigenvalue weighted by atomic mass is 10.1. The predicted molar refractivity (Wildman–Crippen MR) is 88.0 cm³/mol. The highest BCUT2D eigenvalue weighted by atomic mass is 35.5. The highest BCUT2D eigenvalue weighted by Gasteiger charge is 2.10. The van der Waals surface area contributed by atoms with Gasteiger partial charge in [-0.1, -0.05) is 11.6 Å². The molecule has 24 heavy (non-hydrogen) atoms. The van der Waals surface area contributed by atoms with Crippen LogP contribution in [-0.2, 0) is 4.79 Å². The van der Waals surface area contributed by atoms with E-state index in [0.717, 1.165) is 5.56 Å². The summed E-state index contributed by atoms with van der Waals surface area (Å²) >= 11 is 5.85. The van der Waals surface area contributed by atoms with Crippen LogP contribution in [0.2, 0.25) is 5.02 Å². The van der Waals surface area contributed by atoms with Crippen LogP contribution in [0.1, 0.15) is 6.92 Å². The molecule has 0 unspecified atom stereocenters. The lowest BCUT2D eigenvalue weighted by Gasteiger charge is -2.15. The number of aliphatic carboxylic acids is 1. The third-order valence-corrected chi connectivity index (χ3v) is 3.72. The summed E-state index contributed by atoms with van der Waals surface area (Å²) in [6.45, 7) is 1.35. The number of carboxylic acids is 1. The summed E-state index contributed by atoms with van der Waals surface area (Å²) in [7, 11) is 0. The van der Waals surface area contributed by atoms with Gasteiger partial charge >= 0.3 is 0 Å². The molecule has 3 rings (SSSR count). The molecule has 0 N–H and O–H groups in total. The van der Waals surface area contributed by atoms with Crippen LogP contribution in [0.4, 0.5) is 0 Å². The van der Waals surface area contributed by atoms with Crippen LogP contribution in [0.3, 0.4) is 0 Å². The van der Waals surface area contributed by atoms with Gasteiger partial charge in [-0.2, -0.15) is 0 Å². The van der Waals surface area contributed by atoms with Crippen LogP contribution in [0.15, 0.2) is 57.7 Å². The molecule has 1 aromatic heterocycles. The molecule has 0 bridgehead atoms. The number of halogens is 1. The van der Waals surface area contributed by atoms with Gasteiger partial charge in [0.2, 0.25) is 0 Å². The average Bonchev–Trinajstić information content (AvgIpc) is 2.55. The van der Waals surface area contributed by atoms with E-state index in [1.165, 1.54) is 25.1 Å². The summed E-state index contributed by atoms with van der Waals surface area (Å²) in [4.78, 5) is 23.1. The second-order valence-electron chi connectivity index (χ2n) is 5.22. The normalized spacial score (nSPS) is 12.1. The van der Waals surface area contributed by atoms with Gasteiger partial charge in [-0.3, -0.25) is 4.79 Å². The zero-order valence-electron chi connectivity index (χ0n) is 12.6. The third-order valence-electron chi connectivity index (χ3n) is 3.47. The van der Waals surface area contributed by atoms with Crippen LogP contribution < -0.4 is 15.3 Å². The molecule has 2 aromatic carbocycles. The minimum absolute atomic E-state index is 0.255. The Balaban J connectivity index is 2.02. The van der Waals surface area contributed by atoms with Gasteiger partial charge in [0.1, 0.15) is 23.2 Å². The van der Waals surface area contributed by atoms with Gasteiger partial charge in [0.15, 0.2) is 5.43 Å².